The smallest absolute Gasteiger partial charge is 0.315 e. The van der Waals surface area contributed by atoms with Gasteiger partial charge in [-0.2, -0.15) is 4.98 Å². The lowest BCUT2D eigenvalue weighted by molar-refractivity contribution is 0.430. The van der Waals surface area contributed by atoms with Crippen molar-refractivity contribution in [2.45, 2.75) is 13.8 Å². The summed E-state index contributed by atoms with van der Waals surface area (Å²) < 4.78 is 0. The minimum absolute atomic E-state index is 0.244. The second kappa shape index (κ2) is 4.28. The Morgan fingerprint density at radius 1 is 1.46 bits per heavy atom. The van der Waals surface area contributed by atoms with Crippen molar-refractivity contribution >= 4 is 17.4 Å². The summed E-state index contributed by atoms with van der Waals surface area (Å²) in [4.78, 5) is 9.38. The molecule has 0 aliphatic carbocycles. The van der Waals surface area contributed by atoms with Crippen molar-refractivity contribution in [2.24, 2.45) is 0 Å². The second-order valence-corrected chi connectivity index (χ2v) is 2.92. The van der Waals surface area contributed by atoms with Crippen molar-refractivity contribution in [3.05, 3.63) is 11.2 Å². The summed E-state index contributed by atoms with van der Waals surface area (Å²) in [5.41, 5.74) is 0. The van der Waals surface area contributed by atoms with Crippen molar-refractivity contribution in [1.82, 2.24) is 9.97 Å². The molecule has 0 saturated heterocycles. The lowest BCUT2D eigenvalue weighted by atomic mass is 10.4. The van der Waals surface area contributed by atoms with Crippen LogP contribution in [0.15, 0.2) is 6.20 Å². The highest BCUT2D eigenvalue weighted by Gasteiger charge is 2.09. The summed E-state index contributed by atoms with van der Waals surface area (Å²) in [5.74, 6) is 0.583. The van der Waals surface area contributed by atoms with Gasteiger partial charge in [0.2, 0.25) is 0 Å². The first-order chi connectivity index (χ1) is 6.19. The molecule has 4 nitrogen and oxygen atoms in total. The first-order valence-electron chi connectivity index (χ1n) is 4.15. The zero-order valence-corrected chi connectivity index (χ0v) is 8.41. The molecule has 1 rings (SSSR count). The van der Waals surface area contributed by atoms with Gasteiger partial charge in [-0.3, -0.25) is 0 Å². The van der Waals surface area contributed by atoms with E-state index in [9.17, 15) is 0 Å². The third kappa shape index (κ3) is 2.21. The van der Waals surface area contributed by atoms with E-state index in [1.165, 1.54) is 6.20 Å². The average molecular weight is 202 g/mol. The second-order valence-electron chi connectivity index (χ2n) is 2.51. The van der Waals surface area contributed by atoms with Gasteiger partial charge in [0.25, 0.3) is 0 Å². The van der Waals surface area contributed by atoms with Crippen molar-refractivity contribution in [2.75, 3.05) is 18.0 Å². The molecule has 0 aliphatic heterocycles. The van der Waals surface area contributed by atoms with Gasteiger partial charge in [-0.15, -0.1) is 0 Å². The van der Waals surface area contributed by atoms with E-state index in [1.54, 1.807) is 0 Å². The number of hydrogen-bond donors (Lipinski definition) is 1. The molecule has 0 aliphatic rings. The Morgan fingerprint density at radius 3 is 2.62 bits per heavy atom. The lowest BCUT2D eigenvalue weighted by Crippen LogP contribution is -2.23. The van der Waals surface area contributed by atoms with E-state index in [1.807, 2.05) is 18.7 Å². The Labute approximate surface area is 82.2 Å². The minimum Gasteiger partial charge on any atom is -0.479 e. The fraction of sp³-hybridized carbons (Fsp3) is 0.500. The van der Waals surface area contributed by atoms with E-state index >= 15 is 0 Å². The predicted molar refractivity (Wildman–Crippen MR) is 52.3 cm³/mol. The van der Waals surface area contributed by atoms with Crippen LogP contribution in [0.4, 0.5) is 5.82 Å². The standard InChI is InChI=1S/C8H12ClN3O/c1-3-12(4-2)7-6(9)5-10-8(13)11-7/h5H,3-4H2,1-2H3,(H,10,11,13). The van der Waals surface area contributed by atoms with Gasteiger partial charge in [-0.05, 0) is 13.8 Å². The molecule has 1 N–H and O–H groups in total. The summed E-state index contributed by atoms with van der Waals surface area (Å²) in [6.45, 7) is 5.59. The van der Waals surface area contributed by atoms with Crippen molar-refractivity contribution < 1.29 is 5.11 Å². The van der Waals surface area contributed by atoms with Crippen LogP contribution in [0.1, 0.15) is 13.8 Å². The molecule has 0 aromatic carbocycles. The van der Waals surface area contributed by atoms with Crippen molar-refractivity contribution in [1.29, 1.82) is 0 Å². The van der Waals surface area contributed by atoms with Crippen LogP contribution in [-0.2, 0) is 0 Å². The maximum Gasteiger partial charge on any atom is 0.315 e. The zero-order valence-electron chi connectivity index (χ0n) is 7.66. The highest BCUT2D eigenvalue weighted by molar-refractivity contribution is 6.32. The molecular formula is C8H12ClN3O. The van der Waals surface area contributed by atoms with Crippen LogP contribution in [0.3, 0.4) is 0 Å². The number of aromatic hydroxyl groups is 1. The Balaban J connectivity index is 3.03. The van der Waals surface area contributed by atoms with Gasteiger partial charge in [-0.1, -0.05) is 11.6 Å². The van der Waals surface area contributed by atoms with Crippen LogP contribution >= 0.6 is 11.6 Å². The highest BCUT2D eigenvalue weighted by Crippen LogP contribution is 2.23. The van der Waals surface area contributed by atoms with Gasteiger partial charge in [0, 0.05) is 13.1 Å². The first-order valence-corrected chi connectivity index (χ1v) is 4.53. The summed E-state index contributed by atoms with van der Waals surface area (Å²) in [7, 11) is 0. The molecular weight excluding hydrogens is 190 g/mol. The maximum atomic E-state index is 9.07. The largest absolute Gasteiger partial charge is 0.479 e. The van der Waals surface area contributed by atoms with E-state index < -0.39 is 0 Å². The summed E-state index contributed by atoms with van der Waals surface area (Å²) in [5, 5.41) is 9.53. The van der Waals surface area contributed by atoms with E-state index in [0.717, 1.165) is 13.1 Å². The molecule has 0 spiro atoms. The molecule has 0 unspecified atom stereocenters. The molecule has 0 fully saturated rings. The quantitative estimate of drug-likeness (QED) is 0.809. The van der Waals surface area contributed by atoms with Crippen molar-refractivity contribution in [3.8, 4) is 6.01 Å². The van der Waals surface area contributed by atoms with Crippen molar-refractivity contribution in [3.63, 3.8) is 0 Å². The summed E-state index contributed by atoms with van der Waals surface area (Å²) >= 11 is 5.87. The first kappa shape index (κ1) is 10.1. The third-order valence-corrected chi connectivity index (χ3v) is 2.04. The fourth-order valence-electron chi connectivity index (χ4n) is 1.09. The molecule has 0 bridgehead atoms. The number of nitrogens with zero attached hydrogens (tertiary/aromatic N) is 3. The van der Waals surface area contributed by atoms with Crippen LogP contribution < -0.4 is 4.90 Å². The van der Waals surface area contributed by atoms with Gasteiger partial charge in [-0.25, -0.2) is 4.98 Å². The van der Waals surface area contributed by atoms with E-state index in [-0.39, 0.29) is 6.01 Å². The lowest BCUT2D eigenvalue weighted by Gasteiger charge is -2.20. The van der Waals surface area contributed by atoms with E-state index in [4.69, 9.17) is 16.7 Å². The topological polar surface area (TPSA) is 49.2 Å². The molecule has 0 saturated carbocycles. The Morgan fingerprint density at radius 2 is 2.08 bits per heavy atom. The number of hydrogen-bond acceptors (Lipinski definition) is 4. The van der Waals surface area contributed by atoms with Crippen LogP contribution in [0.25, 0.3) is 0 Å². The van der Waals surface area contributed by atoms with Crippen LogP contribution in [0.2, 0.25) is 5.02 Å². The molecule has 0 amide bonds. The van der Waals surface area contributed by atoms with Crippen LogP contribution in [0.5, 0.6) is 6.01 Å². The third-order valence-electron chi connectivity index (χ3n) is 1.78. The fourth-order valence-corrected chi connectivity index (χ4v) is 1.30. The molecule has 1 heterocycles. The Kier molecular flexibility index (Phi) is 3.31. The normalized spacial score (nSPS) is 10.1. The van der Waals surface area contributed by atoms with E-state index in [0.29, 0.717) is 10.8 Å². The van der Waals surface area contributed by atoms with Gasteiger partial charge in [0.05, 0.1) is 6.20 Å². The summed E-state index contributed by atoms with van der Waals surface area (Å²) in [6.07, 6.45) is 1.40. The number of rotatable bonds is 3. The maximum absolute atomic E-state index is 9.07. The Bertz CT molecular complexity index is 289. The predicted octanol–water partition coefficient (Wildman–Crippen LogP) is 1.68. The number of halogens is 1. The molecule has 0 atom stereocenters. The highest BCUT2D eigenvalue weighted by atomic mass is 35.5. The van der Waals surface area contributed by atoms with Crippen LogP contribution in [-0.4, -0.2) is 28.2 Å². The average Bonchev–Trinajstić information content (AvgIpc) is 2.13. The van der Waals surface area contributed by atoms with Gasteiger partial charge < -0.3 is 10.0 Å². The van der Waals surface area contributed by atoms with Crippen LogP contribution in [0, 0.1) is 0 Å². The summed E-state index contributed by atoms with van der Waals surface area (Å²) in [6, 6.07) is -0.244. The molecule has 13 heavy (non-hydrogen) atoms. The number of aromatic nitrogens is 2. The SMILES string of the molecule is CCN(CC)c1nc(O)ncc1Cl. The molecule has 1 aromatic heterocycles. The molecule has 1 aromatic rings. The number of anilines is 1. The Hall–Kier alpha value is -1.03. The zero-order chi connectivity index (χ0) is 9.84. The van der Waals surface area contributed by atoms with Gasteiger partial charge in [0.1, 0.15) is 5.02 Å². The molecule has 72 valence electrons. The van der Waals surface area contributed by atoms with Gasteiger partial charge in [0.15, 0.2) is 5.82 Å². The minimum atomic E-state index is -0.244. The molecule has 5 heteroatoms. The van der Waals surface area contributed by atoms with E-state index in [2.05, 4.69) is 9.97 Å². The molecule has 0 radical (unpaired) electrons. The van der Waals surface area contributed by atoms with Gasteiger partial charge >= 0.3 is 6.01 Å². The monoisotopic (exact) mass is 201 g/mol.